The second kappa shape index (κ2) is 6.82. The van der Waals surface area contributed by atoms with Gasteiger partial charge in [0.15, 0.2) is 0 Å². The van der Waals surface area contributed by atoms with Crippen LogP contribution in [0, 0.1) is 5.92 Å². The van der Waals surface area contributed by atoms with Gasteiger partial charge in [-0.05, 0) is 63.9 Å². The van der Waals surface area contributed by atoms with Gasteiger partial charge in [-0.25, -0.2) is 4.79 Å². The first-order chi connectivity index (χ1) is 12.5. The molecule has 5 nitrogen and oxygen atoms in total. The summed E-state index contributed by atoms with van der Waals surface area (Å²) in [6.45, 7) is 1.14. The molecule has 1 aliphatic carbocycles. The Morgan fingerprint density at radius 3 is 2.65 bits per heavy atom. The Morgan fingerprint density at radius 1 is 1.23 bits per heavy atom. The summed E-state index contributed by atoms with van der Waals surface area (Å²) in [6.07, 6.45) is 6.32. The molecule has 0 amide bonds. The van der Waals surface area contributed by atoms with Crippen LogP contribution in [-0.2, 0) is 7.05 Å². The number of fused-ring (bicyclic) bond motifs is 3. The summed E-state index contributed by atoms with van der Waals surface area (Å²) in [5, 5.41) is 1.05. The summed E-state index contributed by atoms with van der Waals surface area (Å²) in [5.41, 5.74) is 2.95. The van der Waals surface area contributed by atoms with E-state index in [1.807, 2.05) is 29.9 Å². The molecule has 0 spiro atoms. The summed E-state index contributed by atoms with van der Waals surface area (Å²) in [6, 6.07) is 6.36. The first-order valence-corrected chi connectivity index (χ1v) is 10.0. The topological polar surface area (TPSA) is 43.1 Å². The minimum absolute atomic E-state index is 0.0744. The highest BCUT2D eigenvalue weighted by molar-refractivity contribution is 9.10. The van der Waals surface area contributed by atoms with Crippen molar-refractivity contribution in [3.63, 3.8) is 0 Å². The van der Waals surface area contributed by atoms with E-state index in [0.29, 0.717) is 0 Å². The van der Waals surface area contributed by atoms with E-state index in [2.05, 4.69) is 46.0 Å². The fourth-order valence-electron chi connectivity index (χ4n) is 4.44. The molecule has 0 N–H and O–H groups in total. The van der Waals surface area contributed by atoms with Gasteiger partial charge >= 0.3 is 5.69 Å². The van der Waals surface area contributed by atoms with E-state index < -0.39 is 0 Å². The predicted octanol–water partition coefficient (Wildman–Crippen LogP) is 3.94. The fraction of sp³-hybridized carbons (Fsp3) is 0.500. The summed E-state index contributed by atoms with van der Waals surface area (Å²) in [5.74, 6) is 0.736. The zero-order chi connectivity index (χ0) is 18.4. The highest BCUT2D eigenvalue weighted by atomic mass is 79.9. The van der Waals surface area contributed by atoms with Gasteiger partial charge in [0.2, 0.25) is 0 Å². The number of benzene rings is 1. The molecule has 0 aliphatic heterocycles. The second-order valence-corrected chi connectivity index (χ2v) is 8.72. The number of nitrogens with zero attached hydrogens (tertiary/aromatic N) is 4. The zero-order valence-electron chi connectivity index (χ0n) is 15.6. The van der Waals surface area contributed by atoms with Gasteiger partial charge in [0, 0.05) is 29.5 Å². The quantitative estimate of drug-likeness (QED) is 0.649. The molecule has 0 radical (unpaired) electrons. The molecule has 2 aromatic heterocycles. The maximum absolute atomic E-state index is 13.1. The molecule has 2 heterocycles. The molecule has 6 heteroatoms. The maximum Gasteiger partial charge on any atom is 0.329 e. The van der Waals surface area contributed by atoms with E-state index in [1.54, 1.807) is 4.57 Å². The van der Waals surface area contributed by atoms with Crippen LogP contribution in [0.25, 0.3) is 21.9 Å². The van der Waals surface area contributed by atoms with Crippen molar-refractivity contribution in [2.75, 3.05) is 20.6 Å². The molecule has 0 unspecified atom stereocenters. The third kappa shape index (κ3) is 2.99. The van der Waals surface area contributed by atoms with Gasteiger partial charge in [-0.15, -0.1) is 0 Å². The van der Waals surface area contributed by atoms with Crippen molar-refractivity contribution in [3.05, 3.63) is 39.4 Å². The average molecular weight is 417 g/mol. The third-order valence-corrected chi connectivity index (χ3v) is 6.18. The van der Waals surface area contributed by atoms with E-state index in [4.69, 9.17) is 0 Å². The van der Waals surface area contributed by atoms with Crippen molar-refractivity contribution in [2.24, 2.45) is 13.0 Å². The highest BCUT2D eigenvalue weighted by Crippen LogP contribution is 2.35. The van der Waals surface area contributed by atoms with Crippen LogP contribution in [0.5, 0.6) is 0 Å². The Bertz CT molecular complexity index is 1010. The maximum atomic E-state index is 13.1. The number of aryl methyl sites for hydroxylation is 1. The van der Waals surface area contributed by atoms with Crippen LogP contribution in [-0.4, -0.2) is 39.7 Å². The van der Waals surface area contributed by atoms with E-state index in [1.165, 1.54) is 12.8 Å². The lowest BCUT2D eigenvalue weighted by Crippen LogP contribution is -2.31. The number of halogens is 1. The van der Waals surface area contributed by atoms with Gasteiger partial charge in [0.25, 0.3) is 0 Å². The lowest BCUT2D eigenvalue weighted by atomic mass is 9.85. The molecule has 3 aromatic rings. The molecule has 0 saturated heterocycles. The van der Waals surface area contributed by atoms with Gasteiger partial charge in [-0.1, -0.05) is 15.9 Å². The molecule has 1 fully saturated rings. The molecule has 0 bridgehead atoms. The summed E-state index contributed by atoms with van der Waals surface area (Å²) < 4.78 is 4.79. The van der Waals surface area contributed by atoms with Crippen LogP contribution >= 0.6 is 15.9 Å². The van der Waals surface area contributed by atoms with Crippen molar-refractivity contribution in [2.45, 2.75) is 31.7 Å². The Balaban J connectivity index is 1.81. The van der Waals surface area contributed by atoms with Crippen LogP contribution in [0.1, 0.15) is 31.7 Å². The largest absolute Gasteiger partial charge is 0.329 e. The Morgan fingerprint density at radius 2 is 1.96 bits per heavy atom. The Labute approximate surface area is 161 Å². The van der Waals surface area contributed by atoms with Crippen molar-refractivity contribution >= 4 is 37.9 Å². The van der Waals surface area contributed by atoms with E-state index in [0.717, 1.165) is 51.7 Å². The number of hydrogen-bond donors (Lipinski definition) is 0. The number of rotatable bonds is 3. The fourth-order valence-corrected chi connectivity index (χ4v) is 4.80. The molecular formula is C20H25BrN4O. The smallest absolute Gasteiger partial charge is 0.309 e. The predicted molar refractivity (Wildman–Crippen MR) is 110 cm³/mol. The van der Waals surface area contributed by atoms with Gasteiger partial charge in [0.1, 0.15) is 0 Å². The van der Waals surface area contributed by atoms with Crippen LogP contribution in [0.4, 0.5) is 0 Å². The molecule has 0 atom stereocenters. The number of imidazole rings is 1. The lowest BCUT2D eigenvalue weighted by Gasteiger charge is -2.31. The highest BCUT2D eigenvalue weighted by Gasteiger charge is 2.27. The Hall–Kier alpha value is -1.66. The van der Waals surface area contributed by atoms with Crippen molar-refractivity contribution in [1.82, 2.24) is 19.0 Å². The number of pyridine rings is 1. The molecule has 1 aromatic carbocycles. The molecule has 26 heavy (non-hydrogen) atoms. The van der Waals surface area contributed by atoms with Crippen molar-refractivity contribution < 1.29 is 0 Å². The lowest BCUT2D eigenvalue weighted by molar-refractivity contribution is 0.224. The van der Waals surface area contributed by atoms with Gasteiger partial charge < -0.3 is 4.90 Å². The SMILES string of the molecule is CN(C)CC1CCC(n2c(=O)n(C)c3cnc4ccc(Br)cc4c32)CC1. The van der Waals surface area contributed by atoms with E-state index in [-0.39, 0.29) is 11.7 Å². The van der Waals surface area contributed by atoms with Crippen LogP contribution < -0.4 is 5.69 Å². The van der Waals surface area contributed by atoms with Gasteiger partial charge in [-0.3, -0.25) is 14.1 Å². The average Bonchev–Trinajstić information content (AvgIpc) is 2.87. The van der Waals surface area contributed by atoms with E-state index in [9.17, 15) is 4.79 Å². The second-order valence-electron chi connectivity index (χ2n) is 7.80. The first-order valence-electron chi connectivity index (χ1n) is 9.25. The molecule has 1 aliphatic rings. The van der Waals surface area contributed by atoms with Crippen molar-refractivity contribution in [1.29, 1.82) is 0 Å². The zero-order valence-corrected chi connectivity index (χ0v) is 17.2. The monoisotopic (exact) mass is 416 g/mol. The number of hydrogen-bond acceptors (Lipinski definition) is 3. The first kappa shape index (κ1) is 17.7. The standard InChI is InChI=1S/C20H25BrN4O/c1-23(2)12-13-4-7-15(8-5-13)25-19-16-10-14(21)6-9-17(16)22-11-18(19)24(3)20(25)26/h6,9-11,13,15H,4-5,7-8,12H2,1-3H3. The van der Waals surface area contributed by atoms with Crippen LogP contribution in [0.3, 0.4) is 0 Å². The summed E-state index contributed by atoms with van der Waals surface area (Å²) in [7, 11) is 6.13. The molecule has 138 valence electrons. The van der Waals surface area contributed by atoms with Crippen LogP contribution in [0.15, 0.2) is 33.7 Å². The van der Waals surface area contributed by atoms with E-state index >= 15 is 0 Å². The summed E-state index contributed by atoms with van der Waals surface area (Å²) in [4.78, 5) is 19.9. The van der Waals surface area contributed by atoms with Crippen molar-refractivity contribution in [3.8, 4) is 0 Å². The minimum atomic E-state index is 0.0744. The minimum Gasteiger partial charge on any atom is -0.309 e. The third-order valence-electron chi connectivity index (χ3n) is 5.68. The molecule has 1 saturated carbocycles. The Kier molecular flexibility index (Phi) is 4.65. The van der Waals surface area contributed by atoms with Gasteiger partial charge in [0.05, 0.1) is 22.7 Å². The normalized spacial score (nSPS) is 21.1. The molecule has 4 rings (SSSR count). The summed E-state index contributed by atoms with van der Waals surface area (Å²) >= 11 is 3.57. The number of aromatic nitrogens is 3. The van der Waals surface area contributed by atoms with Crippen LogP contribution in [0.2, 0.25) is 0 Å². The van der Waals surface area contributed by atoms with Gasteiger partial charge in [-0.2, -0.15) is 0 Å². The molecular weight excluding hydrogens is 392 g/mol.